The van der Waals surface area contributed by atoms with Crippen molar-refractivity contribution < 1.29 is 28.8 Å². The Bertz CT molecular complexity index is 1320. The number of likely N-dealkylation sites (tertiary alicyclic amines) is 1. The van der Waals surface area contributed by atoms with Crippen molar-refractivity contribution >= 4 is 29.1 Å². The smallest absolute Gasteiger partial charge is 0.307 e. The topological polar surface area (TPSA) is 135 Å². The molecule has 10 nitrogen and oxygen atoms in total. The van der Waals surface area contributed by atoms with Gasteiger partial charge in [0.1, 0.15) is 17.7 Å². The average molecular weight is 555 g/mol. The number of rotatable bonds is 9. The fourth-order valence-electron chi connectivity index (χ4n) is 4.97. The summed E-state index contributed by atoms with van der Waals surface area (Å²) in [6.07, 6.45) is -0.849. The van der Waals surface area contributed by atoms with Crippen molar-refractivity contribution in [1.29, 1.82) is 0 Å². The SMILES string of the molecule is COC(=O)CC(NC(=O)[C@@H]1C[C@@H](O)CN1C(=O)C(c1cc(C)no1)C(C)C)c1ccc(-c2scnc2C)cc1. The Hall–Kier alpha value is -3.57. The van der Waals surface area contributed by atoms with Crippen molar-refractivity contribution in [3.8, 4) is 10.4 Å². The molecular weight excluding hydrogens is 520 g/mol. The maximum absolute atomic E-state index is 13.7. The Kier molecular flexibility index (Phi) is 8.81. The molecule has 0 radical (unpaired) electrons. The molecule has 2 N–H and O–H groups in total. The summed E-state index contributed by atoms with van der Waals surface area (Å²) in [5.74, 6) is -1.60. The Morgan fingerprint density at radius 2 is 1.95 bits per heavy atom. The number of methoxy groups -OCH3 is 1. The number of esters is 1. The highest BCUT2D eigenvalue weighted by molar-refractivity contribution is 7.13. The molecule has 2 aromatic heterocycles. The molecule has 3 heterocycles. The lowest BCUT2D eigenvalue weighted by molar-refractivity contribution is -0.143. The van der Waals surface area contributed by atoms with Crippen LogP contribution in [0.3, 0.4) is 0 Å². The van der Waals surface area contributed by atoms with Gasteiger partial charge in [-0.15, -0.1) is 11.3 Å². The molecule has 4 rings (SSSR count). The molecule has 1 fully saturated rings. The van der Waals surface area contributed by atoms with Crippen LogP contribution in [0.1, 0.15) is 61.4 Å². The van der Waals surface area contributed by atoms with E-state index >= 15 is 0 Å². The van der Waals surface area contributed by atoms with E-state index in [1.165, 1.54) is 23.3 Å². The molecule has 0 aliphatic carbocycles. The van der Waals surface area contributed by atoms with E-state index in [0.717, 1.165) is 16.1 Å². The number of aromatic nitrogens is 2. The van der Waals surface area contributed by atoms with Gasteiger partial charge in [0.15, 0.2) is 0 Å². The van der Waals surface area contributed by atoms with Crippen LogP contribution in [-0.4, -0.2) is 63.7 Å². The summed E-state index contributed by atoms with van der Waals surface area (Å²) in [6.45, 7) is 7.53. The van der Waals surface area contributed by atoms with Crippen LogP contribution in [0, 0.1) is 19.8 Å². The summed E-state index contributed by atoms with van der Waals surface area (Å²) in [4.78, 5) is 46.3. The van der Waals surface area contributed by atoms with Gasteiger partial charge in [-0.3, -0.25) is 14.4 Å². The first-order valence-electron chi connectivity index (χ1n) is 12.9. The number of benzene rings is 1. The zero-order chi connectivity index (χ0) is 28.3. The van der Waals surface area contributed by atoms with Crippen LogP contribution in [0.5, 0.6) is 0 Å². The highest BCUT2D eigenvalue weighted by Gasteiger charge is 2.43. The number of ether oxygens (including phenoxy) is 1. The van der Waals surface area contributed by atoms with Crippen LogP contribution >= 0.6 is 11.3 Å². The molecule has 0 spiro atoms. The van der Waals surface area contributed by atoms with Gasteiger partial charge in [0, 0.05) is 19.0 Å². The third-order valence-electron chi connectivity index (χ3n) is 6.99. The Morgan fingerprint density at radius 3 is 2.51 bits per heavy atom. The third kappa shape index (κ3) is 6.36. The molecule has 1 aliphatic rings. The van der Waals surface area contributed by atoms with Gasteiger partial charge in [-0.1, -0.05) is 43.3 Å². The number of aryl methyl sites for hydroxylation is 2. The number of aliphatic hydroxyl groups is 1. The van der Waals surface area contributed by atoms with Crippen LogP contribution in [0.4, 0.5) is 0 Å². The standard InChI is InChI=1S/C28H34N4O6S/c1-15(2)25(23-10-16(3)31-38-23)28(36)32-13-20(33)11-22(32)27(35)30-21(12-24(34)37-5)18-6-8-19(9-7-18)26-17(4)29-14-39-26/h6-10,14-15,20-22,25,33H,11-13H2,1-5H3,(H,30,35)/t20-,21?,22+,25?/m1/s1. The van der Waals surface area contributed by atoms with Crippen molar-refractivity contribution in [2.45, 2.75) is 64.6 Å². The van der Waals surface area contributed by atoms with Crippen molar-refractivity contribution in [2.75, 3.05) is 13.7 Å². The summed E-state index contributed by atoms with van der Waals surface area (Å²) < 4.78 is 10.3. The molecule has 2 unspecified atom stereocenters. The molecule has 11 heteroatoms. The Labute approximate surface area is 231 Å². The number of carbonyl (C=O) groups excluding carboxylic acids is 3. The molecule has 208 valence electrons. The second kappa shape index (κ2) is 12.1. The molecule has 4 atom stereocenters. The summed E-state index contributed by atoms with van der Waals surface area (Å²) in [7, 11) is 1.29. The van der Waals surface area contributed by atoms with E-state index in [0.29, 0.717) is 17.0 Å². The summed E-state index contributed by atoms with van der Waals surface area (Å²) in [5, 5.41) is 17.3. The van der Waals surface area contributed by atoms with Gasteiger partial charge in [-0.2, -0.15) is 0 Å². The number of nitrogens with one attached hydrogen (secondary N) is 1. The minimum atomic E-state index is -0.906. The summed E-state index contributed by atoms with van der Waals surface area (Å²) in [5.41, 5.74) is 5.07. The predicted octanol–water partition coefficient (Wildman–Crippen LogP) is 3.54. The molecule has 1 aromatic carbocycles. The van der Waals surface area contributed by atoms with Crippen molar-refractivity contribution in [3.05, 3.63) is 58.6 Å². The first-order chi connectivity index (χ1) is 18.6. The van der Waals surface area contributed by atoms with Crippen LogP contribution in [0.2, 0.25) is 0 Å². The van der Waals surface area contributed by atoms with Gasteiger partial charge in [0.2, 0.25) is 11.8 Å². The maximum atomic E-state index is 13.7. The normalized spacial score (nSPS) is 18.7. The largest absolute Gasteiger partial charge is 0.469 e. The highest BCUT2D eigenvalue weighted by atomic mass is 32.1. The Morgan fingerprint density at radius 1 is 1.23 bits per heavy atom. The number of amides is 2. The van der Waals surface area contributed by atoms with E-state index in [1.807, 2.05) is 45.0 Å². The van der Waals surface area contributed by atoms with Gasteiger partial charge in [0.05, 0.1) is 47.5 Å². The van der Waals surface area contributed by atoms with Crippen LogP contribution in [0.15, 0.2) is 40.4 Å². The zero-order valence-corrected chi connectivity index (χ0v) is 23.5. The molecule has 0 saturated carbocycles. The first-order valence-corrected chi connectivity index (χ1v) is 13.8. The van der Waals surface area contributed by atoms with Gasteiger partial charge < -0.3 is 24.6 Å². The maximum Gasteiger partial charge on any atom is 0.307 e. The van der Waals surface area contributed by atoms with Gasteiger partial charge in [0.25, 0.3) is 0 Å². The lowest BCUT2D eigenvalue weighted by Crippen LogP contribution is -2.49. The van der Waals surface area contributed by atoms with E-state index in [1.54, 1.807) is 18.5 Å². The quantitative estimate of drug-likeness (QED) is 0.384. The van der Waals surface area contributed by atoms with Gasteiger partial charge in [-0.25, -0.2) is 4.98 Å². The third-order valence-corrected chi connectivity index (χ3v) is 7.96. The van der Waals surface area contributed by atoms with Gasteiger partial charge in [-0.05, 0) is 30.9 Å². The molecule has 1 saturated heterocycles. The number of carbonyl (C=O) groups is 3. The minimum Gasteiger partial charge on any atom is -0.469 e. The lowest BCUT2D eigenvalue weighted by Gasteiger charge is -2.30. The first kappa shape index (κ1) is 28.4. The number of nitrogens with zero attached hydrogens (tertiary/aromatic N) is 3. The van der Waals surface area contributed by atoms with Crippen LogP contribution < -0.4 is 5.32 Å². The minimum absolute atomic E-state index is 0.0256. The van der Waals surface area contributed by atoms with E-state index in [9.17, 15) is 19.5 Å². The number of hydrogen-bond acceptors (Lipinski definition) is 9. The zero-order valence-electron chi connectivity index (χ0n) is 22.7. The van der Waals surface area contributed by atoms with Crippen molar-refractivity contribution in [3.63, 3.8) is 0 Å². The van der Waals surface area contributed by atoms with E-state index in [-0.39, 0.29) is 31.2 Å². The van der Waals surface area contributed by atoms with E-state index in [4.69, 9.17) is 9.26 Å². The molecule has 3 aromatic rings. The Balaban J connectivity index is 1.56. The fraction of sp³-hybridized carbons (Fsp3) is 0.464. The number of β-amino-alcohol motifs (C(OH)–C–C–N with tert-alkyl or cyclic N) is 1. The number of aliphatic hydroxyl groups excluding tert-OH is 1. The molecule has 39 heavy (non-hydrogen) atoms. The second-order valence-electron chi connectivity index (χ2n) is 10.2. The predicted molar refractivity (Wildman–Crippen MR) is 145 cm³/mol. The van der Waals surface area contributed by atoms with Crippen LogP contribution in [0.25, 0.3) is 10.4 Å². The highest BCUT2D eigenvalue weighted by Crippen LogP contribution is 2.32. The molecule has 2 amide bonds. The van der Waals surface area contributed by atoms with E-state index in [2.05, 4.69) is 15.5 Å². The number of hydrogen-bond donors (Lipinski definition) is 2. The lowest BCUT2D eigenvalue weighted by atomic mass is 9.91. The van der Waals surface area contributed by atoms with Crippen molar-refractivity contribution in [2.24, 2.45) is 5.92 Å². The van der Waals surface area contributed by atoms with Crippen LogP contribution in [-0.2, 0) is 19.1 Å². The average Bonchev–Trinajstić information content (AvgIpc) is 3.63. The molecular formula is C28H34N4O6S. The summed E-state index contributed by atoms with van der Waals surface area (Å²) in [6, 6.07) is 7.69. The second-order valence-corrected chi connectivity index (χ2v) is 11.1. The summed E-state index contributed by atoms with van der Waals surface area (Å²) >= 11 is 1.54. The monoisotopic (exact) mass is 554 g/mol. The van der Waals surface area contributed by atoms with Gasteiger partial charge >= 0.3 is 5.97 Å². The molecule has 0 bridgehead atoms. The number of thiazole rings is 1. The fourth-order valence-corrected chi connectivity index (χ4v) is 5.78. The van der Waals surface area contributed by atoms with E-state index < -0.39 is 36.0 Å². The molecule has 1 aliphatic heterocycles. The van der Waals surface area contributed by atoms with Crippen molar-refractivity contribution in [1.82, 2.24) is 20.4 Å².